The Morgan fingerprint density at radius 2 is 2.05 bits per heavy atom. The van der Waals surface area contributed by atoms with Gasteiger partial charge in [0.2, 0.25) is 0 Å². The van der Waals surface area contributed by atoms with Gasteiger partial charge in [-0.05, 0) is 43.5 Å². The lowest BCUT2D eigenvalue weighted by atomic mass is 10.1. The van der Waals surface area contributed by atoms with E-state index in [1.165, 1.54) is 12.8 Å². The molecule has 0 aliphatic carbocycles. The molecular formula is C16H20N2O. The van der Waals surface area contributed by atoms with Crippen LogP contribution in [0.2, 0.25) is 0 Å². The van der Waals surface area contributed by atoms with Crippen molar-refractivity contribution in [2.45, 2.75) is 45.1 Å². The number of rotatable bonds is 2. The molecule has 2 rings (SSSR count). The smallest absolute Gasteiger partial charge is 0.254 e. The molecule has 1 aliphatic rings. The molecule has 0 aromatic heterocycles. The van der Waals surface area contributed by atoms with Crippen LogP contribution in [0.1, 0.15) is 54.9 Å². The van der Waals surface area contributed by atoms with Gasteiger partial charge >= 0.3 is 0 Å². The van der Waals surface area contributed by atoms with Crippen LogP contribution in [0, 0.1) is 11.3 Å². The standard InChI is InChI=1S/C16H20N2O/c1-2-15-6-4-3-5-11-18(15)16(19)14-9-7-13(12-17)8-10-14/h7-10,15H,2-6,11H2,1H3. The number of amides is 1. The lowest BCUT2D eigenvalue weighted by molar-refractivity contribution is 0.0678. The number of carbonyl (C=O) groups is 1. The molecular weight excluding hydrogens is 236 g/mol. The molecule has 0 N–H and O–H groups in total. The second-order valence-corrected chi connectivity index (χ2v) is 5.10. The normalized spacial score (nSPS) is 19.6. The van der Waals surface area contributed by atoms with Crippen LogP contribution in [-0.2, 0) is 0 Å². The fraction of sp³-hybridized carbons (Fsp3) is 0.500. The molecule has 1 saturated heterocycles. The lowest BCUT2D eigenvalue weighted by Crippen LogP contribution is -2.39. The Labute approximate surface area is 114 Å². The SMILES string of the molecule is CCC1CCCCCN1C(=O)c1ccc(C#N)cc1. The summed E-state index contributed by atoms with van der Waals surface area (Å²) < 4.78 is 0. The highest BCUT2D eigenvalue weighted by atomic mass is 16.2. The van der Waals surface area contributed by atoms with Gasteiger partial charge in [0.15, 0.2) is 0 Å². The van der Waals surface area contributed by atoms with Gasteiger partial charge in [-0.15, -0.1) is 0 Å². The molecule has 1 fully saturated rings. The van der Waals surface area contributed by atoms with E-state index in [1.54, 1.807) is 24.3 Å². The van der Waals surface area contributed by atoms with Gasteiger partial charge in [0.25, 0.3) is 5.91 Å². The first-order valence-electron chi connectivity index (χ1n) is 7.07. The van der Waals surface area contributed by atoms with Gasteiger partial charge in [0, 0.05) is 18.2 Å². The van der Waals surface area contributed by atoms with Crippen LogP contribution in [0.3, 0.4) is 0 Å². The Hall–Kier alpha value is -1.82. The maximum Gasteiger partial charge on any atom is 0.254 e. The average molecular weight is 256 g/mol. The number of nitrogens with zero attached hydrogens (tertiary/aromatic N) is 2. The quantitative estimate of drug-likeness (QED) is 0.814. The van der Waals surface area contributed by atoms with Crippen molar-refractivity contribution in [1.82, 2.24) is 4.90 Å². The molecule has 3 nitrogen and oxygen atoms in total. The highest BCUT2D eigenvalue weighted by Crippen LogP contribution is 2.21. The summed E-state index contributed by atoms with van der Waals surface area (Å²) in [5, 5.41) is 8.79. The van der Waals surface area contributed by atoms with Crippen molar-refractivity contribution in [2.24, 2.45) is 0 Å². The minimum Gasteiger partial charge on any atom is -0.336 e. The summed E-state index contributed by atoms with van der Waals surface area (Å²) in [5.41, 5.74) is 1.29. The molecule has 0 bridgehead atoms. The molecule has 0 saturated carbocycles. The minimum atomic E-state index is 0.109. The maximum atomic E-state index is 12.6. The number of nitriles is 1. The van der Waals surface area contributed by atoms with Gasteiger partial charge in [-0.25, -0.2) is 0 Å². The van der Waals surface area contributed by atoms with E-state index < -0.39 is 0 Å². The second kappa shape index (κ2) is 6.38. The van der Waals surface area contributed by atoms with Gasteiger partial charge in [-0.1, -0.05) is 19.8 Å². The Balaban J connectivity index is 2.18. The van der Waals surface area contributed by atoms with Crippen LogP contribution in [0.15, 0.2) is 24.3 Å². The monoisotopic (exact) mass is 256 g/mol. The zero-order valence-electron chi connectivity index (χ0n) is 11.4. The molecule has 1 aromatic carbocycles. The molecule has 1 unspecified atom stereocenters. The van der Waals surface area contributed by atoms with Gasteiger partial charge in [-0.3, -0.25) is 4.79 Å². The van der Waals surface area contributed by atoms with E-state index in [0.717, 1.165) is 25.8 Å². The fourth-order valence-corrected chi connectivity index (χ4v) is 2.72. The van der Waals surface area contributed by atoms with E-state index >= 15 is 0 Å². The number of likely N-dealkylation sites (tertiary alicyclic amines) is 1. The highest BCUT2D eigenvalue weighted by Gasteiger charge is 2.24. The summed E-state index contributed by atoms with van der Waals surface area (Å²) in [7, 11) is 0. The summed E-state index contributed by atoms with van der Waals surface area (Å²) in [4.78, 5) is 14.6. The first-order chi connectivity index (χ1) is 9.26. The minimum absolute atomic E-state index is 0.109. The van der Waals surface area contributed by atoms with Crippen LogP contribution in [-0.4, -0.2) is 23.4 Å². The predicted octanol–water partition coefficient (Wildman–Crippen LogP) is 3.35. The number of hydrogen-bond acceptors (Lipinski definition) is 2. The van der Waals surface area contributed by atoms with E-state index in [-0.39, 0.29) is 5.91 Å². The molecule has 1 amide bonds. The van der Waals surface area contributed by atoms with Crippen molar-refractivity contribution in [3.05, 3.63) is 35.4 Å². The van der Waals surface area contributed by atoms with Crippen molar-refractivity contribution in [3.8, 4) is 6.07 Å². The topological polar surface area (TPSA) is 44.1 Å². The Kier molecular flexibility index (Phi) is 4.57. The van der Waals surface area contributed by atoms with Crippen molar-refractivity contribution in [2.75, 3.05) is 6.54 Å². The lowest BCUT2D eigenvalue weighted by Gasteiger charge is -2.29. The van der Waals surface area contributed by atoms with E-state index in [0.29, 0.717) is 17.2 Å². The van der Waals surface area contributed by atoms with E-state index in [2.05, 4.69) is 13.0 Å². The van der Waals surface area contributed by atoms with Crippen molar-refractivity contribution < 1.29 is 4.79 Å². The van der Waals surface area contributed by atoms with Crippen LogP contribution in [0.25, 0.3) is 0 Å². The first-order valence-corrected chi connectivity index (χ1v) is 7.07. The van der Waals surface area contributed by atoms with Gasteiger partial charge in [0.05, 0.1) is 11.6 Å². The Morgan fingerprint density at radius 3 is 2.68 bits per heavy atom. The van der Waals surface area contributed by atoms with E-state index in [1.807, 2.05) is 4.90 Å². The summed E-state index contributed by atoms with van der Waals surface area (Å²) >= 11 is 0. The summed E-state index contributed by atoms with van der Waals surface area (Å²) in [6, 6.07) is 9.40. The van der Waals surface area contributed by atoms with Crippen molar-refractivity contribution >= 4 is 5.91 Å². The maximum absolute atomic E-state index is 12.6. The predicted molar refractivity (Wildman–Crippen MR) is 74.7 cm³/mol. The second-order valence-electron chi connectivity index (χ2n) is 5.10. The van der Waals surface area contributed by atoms with Crippen LogP contribution < -0.4 is 0 Å². The van der Waals surface area contributed by atoms with Crippen LogP contribution in [0.5, 0.6) is 0 Å². The largest absolute Gasteiger partial charge is 0.336 e. The molecule has 1 aromatic rings. The molecule has 0 spiro atoms. The third-order valence-electron chi connectivity index (χ3n) is 3.87. The molecule has 19 heavy (non-hydrogen) atoms. The summed E-state index contributed by atoms with van der Waals surface area (Å²) in [6.07, 6.45) is 5.66. The first kappa shape index (κ1) is 13.6. The molecule has 100 valence electrons. The van der Waals surface area contributed by atoms with E-state index in [4.69, 9.17) is 5.26 Å². The molecule has 0 radical (unpaired) electrons. The van der Waals surface area contributed by atoms with Crippen LogP contribution >= 0.6 is 0 Å². The number of benzene rings is 1. The summed E-state index contributed by atoms with van der Waals surface area (Å²) in [5.74, 6) is 0.109. The average Bonchev–Trinajstić information content (AvgIpc) is 2.71. The Morgan fingerprint density at radius 1 is 1.32 bits per heavy atom. The molecule has 1 aliphatic heterocycles. The molecule has 1 atom stereocenters. The molecule has 1 heterocycles. The van der Waals surface area contributed by atoms with E-state index in [9.17, 15) is 4.79 Å². The highest BCUT2D eigenvalue weighted by molar-refractivity contribution is 5.94. The number of carbonyl (C=O) groups excluding carboxylic acids is 1. The molecule has 3 heteroatoms. The van der Waals surface area contributed by atoms with Crippen molar-refractivity contribution in [3.63, 3.8) is 0 Å². The van der Waals surface area contributed by atoms with Gasteiger partial charge in [0.1, 0.15) is 0 Å². The zero-order valence-corrected chi connectivity index (χ0v) is 11.4. The zero-order chi connectivity index (χ0) is 13.7. The fourth-order valence-electron chi connectivity index (χ4n) is 2.72. The third kappa shape index (κ3) is 3.14. The summed E-state index contributed by atoms with van der Waals surface area (Å²) in [6.45, 7) is 3.01. The van der Waals surface area contributed by atoms with Crippen molar-refractivity contribution in [1.29, 1.82) is 5.26 Å². The third-order valence-corrected chi connectivity index (χ3v) is 3.87. The Bertz CT molecular complexity index is 473. The number of hydrogen-bond donors (Lipinski definition) is 0. The van der Waals surface area contributed by atoms with Gasteiger partial charge in [-0.2, -0.15) is 5.26 Å². The van der Waals surface area contributed by atoms with Gasteiger partial charge < -0.3 is 4.90 Å². The van der Waals surface area contributed by atoms with Crippen LogP contribution in [0.4, 0.5) is 0 Å².